The van der Waals surface area contributed by atoms with Gasteiger partial charge in [-0.1, -0.05) is 416 Å². The average Bonchev–Trinajstić information content (AvgIpc) is 3.67. The highest BCUT2D eigenvalue weighted by molar-refractivity contribution is 5.76. The molecule has 542 valence electrons. The monoisotopic (exact) mass is 1290 g/mol. The summed E-state index contributed by atoms with van der Waals surface area (Å²) in [5, 5.41) is 23.5. The predicted octanol–water partition coefficient (Wildman–Crippen LogP) is 27.9. The number of hydrogen-bond donors (Lipinski definition) is 3. The molecule has 0 aromatic carbocycles. The van der Waals surface area contributed by atoms with Crippen LogP contribution < -0.4 is 5.32 Å². The van der Waals surface area contributed by atoms with Gasteiger partial charge in [-0.2, -0.15) is 0 Å². The van der Waals surface area contributed by atoms with Gasteiger partial charge in [0.15, 0.2) is 0 Å². The van der Waals surface area contributed by atoms with Crippen molar-refractivity contribution in [2.24, 2.45) is 0 Å². The van der Waals surface area contributed by atoms with E-state index >= 15 is 0 Å². The molecule has 0 aliphatic carbocycles. The largest absolute Gasteiger partial charge is 0.466 e. The fourth-order valence-corrected chi connectivity index (χ4v) is 13.2. The molecule has 0 aliphatic rings. The smallest absolute Gasteiger partial charge is 0.305 e. The Bertz CT molecular complexity index is 1540. The van der Waals surface area contributed by atoms with E-state index in [1.807, 2.05) is 0 Å². The van der Waals surface area contributed by atoms with Gasteiger partial charge in [0, 0.05) is 12.8 Å². The lowest BCUT2D eigenvalue weighted by molar-refractivity contribution is -0.143. The summed E-state index contributed by atoms with van der Waals surface area (Å²) in [4.78, 5) is 24.6. The lowest BCUT2D eigenvalue weighted by Gasteiger charge is -2.22. The van der Waals surface area contributed by atoms with Crippen molar-refractivity contribution in [3.8, 4) is 0 Å². The van der Waals surface area contributed by atoms with E-state index in [1.54, 1.807) is 0 Å². The minimum atomic E-state index is -0.664. The Morgan fingerprint density at radius 3 is 0.859 bits per heavy atom. The van der Waals surface area contributed by atoms with Crippen molar-refractivity contribution >= 4 is 11.9 Å². The molecule has 0 spiro atoms. The first-order valence-corrected chi connectivity index (χ1v) is 41.9. The first kappa shape index (κ1) is 89.8. The van der Waals surface area contributed by atoms with Gasteiger partial charge in [0.2, 0.25) is 5.91 Å². The van der Waals surface area contributed by atoms with Crippen molar-refractivity contribution in [3.05, 3.63) is 48.6 Å². The van der Waals surface area contributed by atoms with Crippen LogP contribution in [0.2, 0.25) is 0 Å². The summed E-state index contributed by atoms with van der Waals surface area (Å²) in [6.07, 6.45) is 108. The van der Waals surface area contributed by atoms with E-state index in [4.69, 9.17) is 4.74 Å². The number of allylic oxidation sites excluding steroid dienone is 8. The minimum absolute atomic E-state index is 0.00608. The summed E-state index contributed by atoms with van der Waals surface area (Å²) in [5.74, 6) is -0.0206. The standard InChI is InChI=1S/C86H163NO5/c1-3-5-7-9-11-13-15-17-19-20-21-22-42-45-48-51-54-58-62-66-70-74-78-84(89)83(82-88)87-85(90)79-75-71-67-63-59-55-52-49-46-43-40-38-36-34-32-30-28-26-24-23-25-27-29-31-33-35-37-39-41-44-47-50-53-57-61-65-69-73-77-81-92-86(91)80-76-72-68-64-60-56-18-16-14-12-10-8-6-4-2/h10,12,16,18,23-24,27,29,83-84,88-89H,3-9,11,13-15,17,19-22,25-26,28,30-82H2,1-2H3,(H,87,90)/b12-10-,18-16-,24-23-,29-27-. The Balaban J connectivity index is 3.36. The molecule has 0 saturated heterocycles. The van der Waals surface area contributed by atoms with E-state index in [0.29, 0.717) is 25.9 Å². The third kappa shape index (κ3) is 76.8. The molecule has 0 rings (SSSR count). The lowest BCUT2D eigenvalue weighted by atomic mass is 10.0. The molecular formula is C86H163NO5. The summed E-state index contributed by atoms with van der Waals surface area (Å²) >= 11 is 0. The van der Waals surface area contributed by atoms with Gasteiger partial charge >= 0.3 is 5.97 Å². The molecule has 2 atom stereocenters. The fraction of sp³-hybridized carbons (Fsp3) is 0.884. The van der Waals surface area contributed by atoms with E-state index in [0.717, 1.165) is 57.8 Å². The van der Waals surface area contributed by atoms with Crippen LogP contribution in [-0.4, -0.2) is 47.4 Å². The number of aliphatic hydroxyl groups excluding tert-OH is 2. The molecule has 2 unspecified atom stereocenters. The lowest BCUT2D eigenvalue weighted by Crippen LogP contribution is -2.45. The van der Waals surface area contributed by atoms with Crippen LogP contribution in [0.25, 0.3) is 0 Å². The zero-order valence-electron chi connectivity index (χ0n) is 62.3. The van der Waals surface area contributed by atoms with E-state index in [2.05, 4.69) is 67.8 Å². The quantitative estimate of drug-likeness (QED) is 0.0320. The topological polar surface area (TPSA) is 95.9 Å². The van der Waals surface area contributed by atoms with Crippen molar-refractivity contribution in [3.63, 3.8) is 0 Å². The second kappa shape index (κ2) is 81.2. The number of unbranched alkanes of at least 4 members (excludes halogenated alkanes) is 60. The molecule has 0 bridgehead atoms. The molecule has 0 aromatic rings. The van der Waals surface area contributed by atoms with Crippen molar-refractivity contribution in [2.45, 2.75) is 475 Å². The maximum Gasteiger partial charge on any atom is 0.305 e. The Morgan fingerprint density at radius 2 is 0.554 bits per heavy atom. The maximum absolute atomic E-state index is 12.6. The molecule has 0 saturated carbocycles. The van der Waals surface area contributed by atoms with E-state index in [9.17, 15) is 19.8 Å². The Labute approximate surface area is 576 Å². The number of esters is 1. The van der Waals surface area contributed by atoms with Gasteiger partial charge in [-0.3, -0.25) is 9.59 Å². The molecule has 3 N–H and O–H groups in total. The van der Waals surface area contributed by atoms with Gasteiger partial charge in [0.25, 0.3) is 0 Å². The average molecular weight is 1290 g/mol. The third-order valence-corrected chi connectivity index (χ3v) is 19.6. The second-order valence-corrected chi connectivity index (χ2v) is 28.8. The second-order valence-electron chi connectivity index (χ2n) is 28.8. The molecule has 0 fully saturated rings. The number of nitrogens with one attached hydrogen (secondary N) is 1. The number of carbonyl (C=O) groups is 2. The number of rotatable bonds is 79. The van der Waals surface area contributed by atoms with Crippen LogP contribution in [0.5, 0.6) is 0 Å². The van der Waals surface area contributed by atoms with E-state index in [1.165, 1.54) is 372 Å². The predicted molar refractivity (Wildman–Crippen MR) is 407 cm³/mol. The fourth-order valence-electron chi connectivity index (χ4n) is 13.2. The van der Waals surface area contributed by atoms with Crippen LogP contribution in [0, 0.1) is 0 Å². The van der Waals surface area contributed by atoms with Gasteiger partial charge in [-0.15, -0.1) is 0 Å². The molecule has 0 heterocycles. The number of hydrogen-bond acceptors (Lipinski definition) is 5. The summed E-state index contributed by atoms with van der Waals surface area (Å²) in [6.45, 7) is 4.95. The van der Waals surface area contributed by atoms with Gasteiger partial charge in [-0.05, 0) is 83.5 Å². The van der Waals surface area contributed by atoms with E-state index < -0.39 is 12.1 Å². The molecule has 92 heavy (non-hydrogen) atoms. The number of ether oxygens (including phenoxy) is 1. The van der Waals surface area contributed by atoms with Crippen molar-refractivity contribution in [1.82, 2.24) is 5.32 Å². The third-order valence-electron chi connectivity index (χ3n) is 19.6. The highest BCUT2D eigenvalue weighted by Gasteiger charge is 2.20. The molecule has 0 aliphatic heterocycles. The van der Waals surface area contributed by atoms with Crippen LogP contribution in [-0.2, 0) is 14.3 Å². The van der Waals surface area contributed by atoms with Crippen molar-refractivity contribution in [1.29, 1.82) is 0 Å². The molecule has 0 radical (unpaired) electrons. The zero-order chi connectivity index (χ0) is 66.3. The Morgan fingerprint density at radius 1 is 0.304 bits per heavy atom. The van der Waals surface area contributed by atoms with Crippen LogP contribution in [0.1, 0.15) is 463 Å². The Kier molecular flexibility index (Phi) is 79.3. The summed E-state index contributed by atoms with van der Waals surface area (Å²) in [7, 11) is 0. The zero-order valence-corrected chi connectivity index (χ0v) is 62.3. The molecule has 0 aromatic heterocycles. The highest BCUT2D eigenvalue weighted by Crippen LogP contribution is 2.20. The SMILES string of the molecule is CCCC/C=C\C/C=C\CCCCCCCC(=O)OCCCCCCCCCCCCCCCCC/C=C\C/C=C\CCCCCCCCCCCCCCCCCCCC(=O)NC(CO)C(O)CCCCCCCCCCCCCCCCCCCCCCCC. The van der Waals surface area contributed by atoms with Crippen LogP contribution >= 0.6 is 0 Å². The molecule has 1 amide bonds. The summed E-state index contributed by atoms with van der Waals surface area (Å²) in [5.41, 5.74) is 0. The summed E-state index contributed by atoms with van der Waals surface area (Å²) < 4.78 is 5.49. The van der Waals surface area contributed by atoms with Gasteiger partial charge in [-0.25, -0.2) is 0 Å². The van der Waals surface area contributed by atoms with Crippen LogP contribution in [0.3, 0.4) is 0 Å². The Hall–Kier alpha value is -2.18. The van der Waals surface area contributed by atoms with Crippen molar-refractivity contribution in [2.75, 3.05) is 13.2 Å². The summed E-state index contributed by atoms with van der Waals surface area (Å²) in [6, 6.07) is -0.541. The molecule has 6 nitrogen and oxygen atoms in total. The normalized spacial score (nSPS) is 12.7. The number of carbonyl (C=O) groups excluding carboxylic acids is 2. The first-order chi connectivity index (χ1) is 45.5. The van der Waals surface area contributed by atoms with Gasteiger partial charge in [0.1, 0.15) is 0 Å². The number of aliphatic hydroxyl groups is 2. The van der Waals surface area contributed by atoms with Gasteiger partial charge < -0.3 is 20.3 Å². The maximum atomic E-state index is 12.6. The molecule has 6 heteroatoms. The number of amides is 1. The van der Waals surface area contributed by atoms with Crippen LogP contribution in [0.15, 0.2) is 48.6 Å². The van der Waals surface area contributed by atoms with Gasteiger partial charge in [0.05, 0.1) is 25.4 Å². The first-order valence-electron chi connectivity index (χ1n) is 41.9. The highest BCUT2D eigenvalue weighted by atomic mass is 16.5. The van der Waals surface area contributed by atoms with E-state index in [-0.39, 0.29) is 18.5 Å². The molecular weight excluding hydrogens is 1130 g/mol. The van der Waals surface area contributed by atoms with Crippen molar-refractivity contribution < 1.29 is 24.5 Å². The van der Waals surface area contributed by atoms with Crippen LogP contribution in [0.4, 0.5) is 0 Å². The minimum Gasteiger partial charge on any atom is -0.466 e.